The minimum atomic E-state index is -0.0804. The number of rotatable bonds is 6. The predicted octanol–water partition coefficient (Wildman–Crippen LogP) is 2.92. The van der Waals surface area contributed by atoms with Crippen molar-refractivity contribution >= 4 is 12.6 Å². The minimum Gasteiger partial charge on any atom is -0.373 e. The highest BCUT2D eigenvalue weighted by Crippen LogP contribution is 2.15. The third kappa shape index (κ3) is 8.85. The van der Waals surface area contributed by atoms with Gasteiger partial charge in [-0.3, -0.25) is 0 Å². The molecule has 0 N–H and O–H groups in total. The number of hydrogen-bond donors (Lipinski definition) is 1. The van der Waals surface area contributed by atoms with Crippen molar-refractivity contribution in [2.24, 2.45) is 0 Å². The average molecular weight is 220 g/mol. The first kappa shape index (κ1) is 14.3. The van der Waals surface area contributed by atoms with Gasteiger partial charge in [0.15, 0.2) is 0 Å². The highest BCUT2D eigenvalue weighted by molar-refractivity contribution is 7.80. The molecule has 0 aromatic rings. The molecule has 2 nitrogen and oxygen atoms in total. The topological polar surface area (TPSA) is 18.5 Å². The zero-order valence-electron chi connectivity index (χ0n) is 10.1. The van der Waals surface area contributed by atoms with Crippen LogP contribution in [0.4, 0.5) is 0 Å². The quantitative estimate of drug-likeness (QED) is 0.548. The van der Waals surface area contributed by atoms with E-state index >= 15 is 0 Å². The molecular weight excluding hydrogens is 196 g/mol. The molecule has 14 heavy (non-hydrogen) atoms. The summed E-state index contributed by atoms with van der Waals surface area (Å²) in [5.74, 6) is 0.854. The van der Waals surface area contributed by atoms with Crippen LogP contribution in [0.2, 0.25) is 0 Å². The molecule has 3 heteroatoms. The first-order chi connectivity index (χ1) is 6.27. The summed E-state index contributed by atoms with van der Waals surface area (Å²) in [6.45, 7) is 11.6. The van der Waals surface area contributed by atoms with Gasteiger partial charge in [-0.05, 0) is 46.8 Å². The molecule has 0 amide bonds. The summed E-state index contributed by atoms with van der Waals surface area (Å²) in [7, 11) is 0. The van der Waals surface area contributed by atoms with E-state index in [0.717, 1.165) is 12.2 Å². The molecule has 86 valence electrons. The summed E-state index contributed by atoms with van der Waals surface area (Å²) >= 11 is 4.19. The fraction of sp³-hybridized carbons (Fsp3) is 1.00. The number of ether oxygens (including phenoxy) is 2. The van der Waals surface area contributed by atoms with Crippen molar-refractivity contribution in [3.05, 3.63) is 0 Å². The van der Waals surface area contributed by atoms with Gasteiger partial charge in [-0.2, -0.15) is 12.6 Å². The molecule has 0 bridgehead atoms. The van der Waals surface area contributed by atoms with Crippen LogP contribution in [-0.2, 0) is 9.47 Å². The zero-order chi connectivity index (χ0) is 11.2. The number of thiol groups is 1. The van der Waals surface area contributed by atoms with Gasteiger partial charge < -0.3 is 9.47 Å². The van der Waals surface area contributed by atoms with Crippen molar-refractivity contribution in [3.8, 4) is 0 Å². The summed E-state index contributed by atoms with van der Waals surface area (Å²) in [6.07, 6.45) is 0.964. The van der Waals surface area contributed by atoms with Crippen molar-refractivity contribution in [3.63, 3.8) is 0 Å². The molecular formula is C11H24O2S. The van der Waals surface area contributed by atoms with Crippen LogP contribution in [0, 0.1) is 0 Å². The first-order valence-electron chi connectivity index (χ1n) is 5.16. The summed E-state index contributed by atoms with van der Waals surface area (Å²) in [5.41, 5.74) is -0.153. The molecule has 0 aliphatic rings. The molecule has 0 aromatic carbocycles. The molecule has 0 saturated heterocycles. The summed E-state index contributed by atoms with van der Waals surface area (Å²) in [5, 5.41) is 0. The maximum Gasteiger partial charge on any atom is 0.0708 e. The maximum absolute atomic E-state index is 5.69. The Bertz CT molecular complexity index is 150. The van der Waals surface area contributed by atoms with E-state index < -0.39 is 0 Å². The van der Waals surface area contributed by atoms with E-state index in [0.29, 0.717) is 13.2 Å². The van der Waals surface area contributed by atoms with Gasteiger partial charge in [-0.1, -0.05) is 0 Å². The van der Waals surface area contributed by atoms with Crippen LogP contribution < -0.4 is 0 Å². The molecule has 0 atom stereocenters. The van der Waals surface area contributed by atoms with Gasteiger partial charge in [0.05, 0.1) is 24.4 Å². The normalized spacial score (nSPS) is 13.3. The van der Waals surface area contributed by atoms with Gasteiger partial charge in [0.2, 0.25) is 0 Å². The molecule has 0 spiro atoms. The highest BCUT2D eigenvalue weighted by Gasteiger charge is 2.17. The van der Waals surface area contributed by atoms with Gasteiger partial charge in [-0.25, -0.2) is 0 Å². The number of hydrogen-bond acceptors (Lipinski definition) is 3. The molecule has 0 aliphatic carbocycles. The summed E-state index contributed by atoms with van der Waals surface area (Å²) < 4.78 is 11.3. The third-order valence-electron chi connectivity index (χ3n) is 1.83. The van der Waals surface area contributed by atoms with Crippen LogP contribution in [0.3, 0.4) is 0 Å². The third-order valence-corrected chi connectivity index (χ3v) is 2.05. The average Bonchev–Trinajstić information content (AvgIpc) is 1.96. The predicted molar refractivity (Wildman–Crippen MR) is 64.2 cm³/mol. The molecule has 0 rings (SSSR count). The van der Waals surface area contributed by atoms with Crippen molar-refractivity contribution in [1.29, 1.82) is 0 Å². The monoisotopic (exact) mass is 220 g/mol. The van der Waals surface area contributed by atoms with E-state index in [4.69, 9.17) is 9.47 Å². The molecule has 0 unspecified atom stereocenters. The lowest BCUT2D eigenvalue weighted by molar-refractivity contribution is -0.0789. The Balaban J connectivity index is 3.54. The lowest BCUT2D eigenvalue weighted by Crippen LogP contribution is -2.29. The highest BCUT2D eigenvalue weighted by atomic mass is 32.1. The smallest absolute Gasteiger partial charge is 0.0708 e. The fourth-order valence-electron chi connectivity index (χ4n) is 1.01. The summed E-state index contributed by atoms with van der Waals surface area (Å²) in [6, 6.07) is 0. The van der Waals surface area contributed by atoms with Crippen molar-refractivity contribution in [2.75, 3.05) is 19.0 Å². The van der Waals surface area contributed by atoms with Crippen molar-refractivity contribution in [1.82, 2.24) is 0 Å². The SMILES string of the molecule is CC(C)(C)OCCOC(C)(C)CCS. The minimum absolute atomic E-state index is 0.0724. The second-order valence-electron chi connectivity index (χ2n) is 5.04. The van der Waals surface area contributed by atoms with Crippen LogP contribution in [0.25, 0.3) is 0 Å². The van der Waals surface area contributed by atoms with Crippen molar-refractivity contribution < 1.29 is 9.47 Å². The molecule has 0 fully saturated rings. The van der Waals surface area contributed by atoms with E-state index in [-0.39, 0.29) is 11.2 Å². The molecule has 0 radical (unpaired) electrons. The van der Waals surface area contributed by atoms with E-state index in [1.54, 1.807) is 0 Å². The molecule has 0 heterocycles. The largest absolute Gasteiger partial charge is 0.373 e. The standard InChI is InChI=1S/C11H24O2S/c1-10(2,3)12-7-8-13-11(4,5)6-9-14/h14H,6-9H2,1-5H3. The second-order valence-corrected chi connectivity index (χ2v) is 5.49. The van der Waals surface area contributed by atoms with Crippen LogP contribution in [0.15, 0.2) is 0 Å². The Morgan fingerprint density at radius 1 is 0.929 bits per heavy atom. The first-order valence-corrected chi connectivity index (χ1v) is 5.79. The van der Waals surface area contributed by atoms with Gasteiger partial charge in [0.1, 0.15) is 0 Å². The van der Waals surface area contributed by atoms with Crippen molar-refractivity contribution in [2.45, 2.75) is 52.2 Å². The Hall–Kier alpha value is 0.270. The Labute approximate surface area is 93.8 Å². The Morgan fingerprint density at radius 3 is 1.86 bits per heavy atom. The second kappa shape index (κ2) is 5.99. The van der Waals surface area contributed by atoms with Crippen LogP contribution in [0.1, 0.15) is 41.0 Å². The molecule has 0 aromatic heterocycles. The van der Waals surface area contributed by atoms with Crippen LogP contribution in [-0.4, -0.2) is 30.2 Å². The Morgan fingerprint density at radius 2 is 1.43 bits per heavy atom. The fourth-order valence-corrected chi connectivity index (χ4v) is 1.55. The maximum atomic E-state index is 5.69. The van der Waals surface area contributed by atoms with Gasteiger partial charge >= 0.3 is 0 Å². The molecule has 0 aliphatic heterocycles. The lowest BCUT2D eigenvalue weighted by Gasteiger charge is -2.26. The zero-order valence-corrected chi connectivity index (χ0v) is 11.0. The Kier molecular flexibility index (Phi) is 6.10. The summed E-state index contributed by atoms with van der Waals surface area (Å²) in [4.78, 5) is 0. The van der Waals surface area contributed by atoms with Gasteiger partial charge in [0, 0.05) is 0 Å². The van der Waals surface area contributed by atoms with Crippen LogP contribution >= 0.6 is 12.6 Å². The van der Waals surface area contributed by atoms with E-state index in [9.17, 15) is 0 Å². The molecule has 0 saturated carbocycles. The van der Waals surface area contributed by atoms with E-state index in [2.05, 4.69) is 26.5 Å². The van der Waals surface area contributed by atoms with Gasteiger partial charge in [-0.15, -0.1) is 0 Å². The lowest BCUT2D eigenvalue weighted by atomic mass is 10.1. The van der Waals surface area contributed by atoms with Crippen LogP contribution in [0.5, 0.6) is 0 Å². The van der Waals surface area contributed by atoms with Gasteiger partial charge in [0.25, 0.3) is 0 Å². The van der Waals surface area contributed by atoms with E-state index in [1.165, 1.54) is 0 Å². The van der Waals surface area contributed by atoms with E-state index in [1.807, 2.05) is 20.8 Å².